The van der Waals surface area contributed by atoms with Crippen molar-refractivity contribution >= 4 is 0 Å². The molecule has 2 aromatic carbocycles. The van der Waals surface area contributed by atoms with Crippen LogP contribution in [0.1, 0.15) is 95.8 Å². The van der Waals surface area contributed by atoms with Crippen molar-refractivity contribution in [2.45, 2.75) is 92.5 Å². The Hall–Kier alpha value is -1.64. The third-order valence-electron chi connectivity index (χ3n) is 8.14. The average Bonchev–Trinajstić information content (AvgIpc) is 2.75. The molecule has 4 rings (SSSR count). The molecule has 3 atom stereocenters. The Morgan fingerprint density at radius 1 is 0.781 bits per heavy atom. The van der Waals surface area contributed by atoms with Gasteiger partial charge in [0.05, 0.1) is 24.9 Å². The van der Waals surface area contributed by atoms with Crippen LogP contribution in [0.4, 0.5) is 0 Å². The highest BCUT2D eigenvalue weighted by Crippen LogP contribution is 2.50. The number of benzene rings is 2. The summed E-state index contributed by atoms with van der Waals surface area (Å²) in [5, 5.41) is 0. The summed E-state index contributed by atoms with van der Waals surface area (Å²) in [5.41, 5.74) is 6.31. The van der Waals surface area contributed by atoms with Gasteiger partial charge in [0.15, 0.2) is 0 Å². The molecule has 2 heterocycles. The normalized spacial score (nSPS) is 26.3. The third-order valence-corrected chi connectivity index (χ3v) is 8.14. The highest BCUT2D eigenvalue weighted by atomic mass is 16.5. The zero-order valence-corrected chi connectivity index (χ0v) is 21.2. The van der Waals surface area contributed by atoms with Crippen molar-refractivity contribution in [3.63, 3.8) is 0 Å². The quantitative estimate of drug-likeness (QED) is 0.421. The largest absolute Gasteiger partial charge is 0.372 e. The van der Waals surface area contributed by atoms with E-state index in [0.29, 0.717) is 11.5 Å². The molecule has 0 bridgehead atoms. The van der Waals surface area contributed by atoms with Crippen molar-refractivity contribution in [1.29, 1.82) is 0 Å². The molecule has 2 heteroatoms. The van der Waals surface area contributed by atoms with Crippen LogP contribution in [0.25, 0.3) is 0 Å². The van der Waals surface area contributed by atoms with E-state index in [1.807, 2.05) is 0 Å². The Kier molecular flexibility index (Phi) is 6.33. The summed E-state index contributed by atoms with van der Waals surface area (Å²) < 4.78 is 11.8. The van der Waals surface area contributed by atoms with Crippen molar-refractivity contribution in [2.75, 3.05) is 6.61 Å². The molecule has 2 aliphatic heterocycles. The molecule has 174 valence electrons. The molecular formula is C30H42O2. The molecule has 0 saturated carbocycles. The lowest BCUT2D eigenvalue weighted by molar-refractivity contribution is -0.230. The Balaban J connectivity index is 1.26. The first-order valence-electron chi connectivity index (χ1n) is 12.4. The summed E-state index contributed by atoms with van der Waals surface area (Å²) >= 11 is 0. The maximum atomic E-state index is 6.00. The average molecular weight is 435 g/mol. The van der Waals surface area contributed by atoms with Crippen LogP contribution in [0.2, 0.25) is 0 Å². The molecule has 0 amide bonds. The third kappa shape index (κ3) is 4.82. The topological polar surface area (TPSA) is 18.5 Å². The van der Waals surface area contributed by atoms with E-state index in [2.05, 4.69) is 97.0 Å². The monoisotopic (exact) mass is 434 g/mol. The molecule has 2 aliphatic rings. The van der Waals surface area contributed by atoms with Crippen LogP contribution in [0.15, 0.2) is 48.5 Å². The van der Waals surface area contributed by atoms with Gasteiger partial charge in [0.25, 0.3) is 0 Å². The second-order valence-electron chi connectivity index (χ2n) is 12.3. The van der Waals surface area contributed by atoms with E-state index in [-0.39, 0.29) is 23.0 Å². The van der Waals surface area contributed by atoms with Gasteiger partial charge in [0.2, 0.25) is 0 Å². The molecule has 0 aromatic heterocycles. The van der Waals surface area contributed by atoms with E-state index in [1.54, 1.807) is 0 Å². The summed E-state index contributed by atoms with van der Waals surface area (Å²) in [5.74, 6) is 0. The highest BCUT2D eigenvalue weighted by molar-refractivity contribution is 5.28. The van der Waals surface area contributed by atoms with Crippen molar-refractivity contribution in [3.05, 3.63) is 70.8 Å². The standard InChI is InChI=1S/C30H42O2/c1-21-30(6,7)27(32-21)25-14-10-23(11-15-25)17-19-28(2,3)18-16-22-8-12-24(13-9-22)26-29(4,5)20-31-26/h8-15,21,26-27H,16-20H2,1-7H3. The minimum Gasteiger partial charge on any atom is -0.372 e. The predicted molar refractivity (Wildman–Crippen MR) is 133 cm³/mol. The van der Waals surface area contributed by atoms with Gasteiger partial charge in [-0.3, -0.25) is 0 Å². The van der Waals surface area contributed by atoms with Crippen LogP contribution in [0, 0.1) is 16.2 Å². The van der Waals surface area contributed by atoms with Crippen molar-refractivity contribution < 1.29 is 9.47 Å². The highest BCUT2D eigenvalue weighted by Gasteiger charge is 2.47. The van der Waals surface area contributed by atoms with Gasteiger partial charge in [-0.05, 0) is 60.3 Å². The maximum absolute atomic E-state index is 6.00. The lowest BCUT2D eigenvalue weighted by Gasteiger charge is -2.50. The maximum Gasteiger partial charge on any atom is 0.0904 e. The van der Waals surface area contributed by atoms with Crippen LogP contribution in [-0.4, -0.2) is 12.7 Å². The van der Waals surface area contributed by atoms with Gasteiger partial charge in [-0.15, -0.1) is 0 Å². The van der Waals surface area contributed by atoms with Crippen molar-refractivity contribution in [1.82, 2.24) is 0 Å². The molecule has 0 aliphatic carbocycles. The van der Waals surface area contributed by atoms with Gasteiger partial charge in [0.1, 0.15) is 0 Å². The minimum atomic E-state index is 0.225. The van der Waals surface area contributed by atoms with E-state index in [0.717, 1.165) is 19.4 Å². The lowest BCUT2D eigenvalue weighted by atomic mass is 9.73. The number of aryl methyl sites for hydroxylation is 2. The zero-order valence-electron chi connectivity index (χ0n) is 21.2. The number of hydrogen-bond acceptors (Lipinski definition) is 2. The first-order chi connectivity index (χ1) is 15.0. The van der Waals surface area contributed by atoms with E-state index >= 15 is 0 Å². The SMILES string of the molecule is CC1OC(c2ccc(CCC(C)(C)CCc3ccc(C4OCC4(C)C)cc3)cc2)C1(C)C. The second kappa shape index (κ2) is 8.61. The molecular weight excluding hydrogens is 392 g/mol. The summed E-state index contributed by atoms with van der Waals surface area (Å²) in [4.78, 5) is 0. The van der Waals surface area contributed by atoms with E-state index in [4.69, 9.17) is 9.47 Å². The fourth-order valence-electron chi connectivity index (χ4n) is 5.06. The number of rotatable bonds is 8. The van der Waals surface area contributed by atoms with Gasteiger partial charge in [-0.1, -0.05) is 90.1 Å². The van der Waals surface area contributed by atoms with Crippen LogP contribution in [0.5, 0.6) is 0 Å². The summed E-state index contributed by atoms with van der Waals surface area (Å²) in [6.07, 6.45) is 5.50. The predicted octanol–water partition coefficient (Wildman–Crippen LogP) is 7.86. The Morgan fingerprint density at radius 3 is 1.59 bits per heavy atom. The summed E-state index contributed by atoms with van der Waals surface area (Å²) in [6, 6.07) is 18.3. The molecule has 2 aromatic rings. The molecule has 0 N–H and O–H groups in total. The number of ether oxygens (including phenoxy) is 2. The van der Waals surface area contributed by atoms with E-state index in [1.165, 1.54) is 35.1 Å². The van der Waals surface area contributed by atoms with Crippen LogP contribution in [-0.2, 0) is 22.3 Å². The van der Waals surface area contributed by atoms with Gasteiger partial charge < -0.3 is 9.47 Å². The molecule has 2 nitrogen and oxygen atoms in total. The molecule has 32 heavy (non-hydrogen) atoms. The molecule has 2 saturated heterocycles. The molecule has 3 unspecified atom stereocenters. The van der Waals surface area contributed by atoms with Crippen LogP contribution >= 0.6 is 0 Å². The Morgan fingerprint density at radius 2 is 1.25 bits per heavy atom. The van der Waals surface area contributed by atoms with E-state index < -0.39 is 0 Å². The van der Waals surface area contributed by atoms with Gasteiger partial charge >= 0.3 is 0 Å². The molecule has 2 fully saturated rings. The zero-order chi connectivity index (χ0) is 23.1. The summed E-state index contributed by atoms with van der Waals surface area (Å²) in [7, 11) is 0. The smallest absolute Gasteiger partial charge is 0.0904 e. The number of hydrogen-bond donors (Lipinski definition) is 0. The minimum absolute atomic E-state index is 0.225. The fraction of sp³-hybridized carbons (Fsp3) is 0.600. The van der Waals surface area contributed by atoms with Crippen LogP contribution < -0.4 is 0 Å². The second-order valence-corrected chi connectivity index (χ2v) is 12.3. The Labute approximate surface area is 195 Å². The van der Waals surface area contributed by atoms with Gasteiger partial charge in [0, 0.05) is 10.8 Å². The van der Waals surface area contributed by atoms with Crippen molar-refractivity contribution in [2.24, 2.45) is 16.2 Å². The molecule has 0 radical (unpaired) electrons. The van der Waals surface area contributed by atoms with Crippen molar-refractivity contribution in [3.8, 4) is 0 Å². The first kappa shape index (κ1) is 23.5. The first-order valence-corrected chi connectivity index (χ1v) is 12.4. The van der Waals surface area contributed by atoms with E-state index in [9.17, 15) is 0 Å². The lowest BCUT2D eigenvalue weighted by Crippen LogP contribution is -2.48. The van der Waals surface area contributed by atoms with Gasteiger partial charge in [-0.2, -0.15) is 0 Å². The summed E-state index contributed by atoms with van der Waals surface area (Å²) in [6.45, 7) is 17.0. The fourth-order valence-corrected chi connectivity index (χ4v) is 5.06. The Bertz CT molecular complexity index is 905. The molecule has 0 spiro atoms. The van der Waals surface area contributed by atoms with Crippen LogP contribution in [0.3, 0.4) is 0 Å². The van der Waals surface area contributed by atoms with Gasteiger partial charge in [-0.25, -0.2) is 0 Å².